The van der Waals surface area contributed by atoms with Crippen molar-refractivity contribution in [1.29, 1.82) is 0 Å². The number of para-hydroxylation sites is 2. The molecular weight excluding hydrogens is 809 g/mol. The van der Waals surface area contributed by atoms with Gasteiger partial charge in [0.15, 0.2) is 0 Å². The fraction of sp³-hybridized carbons (Fsp3) is 0.0333. The lowest BCUT2D eigenvalue weighted by atomic mass is 9.80. The molecule has 0 N–H and O–H groups in total. The maximum Gasteiger partial charge on any atom is 0.231 e. The molecule has 2 atom stereocenters. The number of hydrogen-bond acceptors (Lipinski definition) is 4. The Hall–Kier alpha value is -8.12. The van der Waals surface area contributed by atoms with Gasteiger partial charge < -0.3 is 9.47 Å². The molecule has 3 aromatic heterocycles. The van der Waals surface area contributed by atoms with Crippen LogP contribution < -0.4 is 4.90 Å². The Morgan fingerprint density at radius 2 is 1.22 bits per heavy atom. The van der Waals surface area contributed by atoms with Crippen LogP contribution in [0.5, 0.6) is 0 Å². The van der Waals surface area contributed by atoms with Crippen molar-refractivity contribution in [2.45, 2.75) is 12.0 Å². The molecule has 0 bridgehead atoms. The summed E-state index contributed by atoms with van der Waals surface area (Å²) in [4.78, 5) is 14.7. The van der Waals surface area contributed by atoms with Gasteiger partial charge >= 0.3 is 0 Å². The zero-order chi connectivity index (χ0) is 42.6. The van der Waals surface area contributed by atoms with Crippen LogP contribution in [-0.4, -0.2) is 20.6 Å². The highest BCUT2D eigenvalue weighted by atomic mass is 32.1. The second-order valence-electron chi connectivity index (χ2n) is 17.2. The highest BCUT2D eigenvalue weighted by molar-refractivity contribution is 7.22. The summed E-state index contributed by atoms with van der Waals surface area (Å²) in [6.45, 7) is 0. The van der Waals surface area contributed by atoms with E-state index in [1.807, 2.05) is 0 Å². The van der Waals surface area contributed by atoms with Gasteiger partial charge in [0.25, 0.3) is 0 Å². The molecule has 4 heterocycles. The number of thiophene rings is 1. The number of benzene rings is 9. The van der Waals surface area contributed by atoms with E-state index >= 15 is 0 Å². The van der Waals surface area contributed by atoms with E-state index in [0.717, 1.165) is 32.8 Å². The quantitative estimate of drug-likeness (QED) is 0.173. The number of nitrogens with zero attached hydrogens (tertiary/aromatic N) is 4. The molecule has 0 saturated carbocycles. The number of anilines is 2. The van der Waals surface area contributed by atoms with Gasteiger partial charge in [-0.3, -0.25) is 0 Å². The lowest BCUT2D eigenvalue weighted by molar-refractivity contribution is 0.713. The van der Waals surface area contributed by atoms with Crippen LogP contribution in [0.25, 0.3) is 98.2 Å². The van der Waals surface area contributed by atoms with Crippen LogP contribution in [0.1, 0.15) is 22.6 Å². The molecule has 0 radical (unpaired) electrons. The third kappa shape index (κ3) is 5.49. The van der Waals surface area contributed by atoms with Crippen LogP contribution in [0.15, 0.2) is 212 Å². The first-order valence-corrected chi connectivity index (χ1v) is 23.1. The van der Waals surface area contributed by atoms with Gasteiger partial charge in [0.2, 0.25) is 5.95 Å². The first-order valence-electron chi connectivity index (χ1n) is 22.3. The van der Waals surface area contributed by atoms with Gasteiger partial charge in [0, 0.05) is 44.1 Å². The molecule has 9 aromatic carbocycles. The van der Waals surface area contributed by atoms with E-state index < -0.39 is 0 Å². The number of rotatable bonds is 5. The number of fused-ring (bicyclic) bond motifs is 12. The molecule has 2 unspecified atom stereocenters. The van der Waals surface area contributed by atoms with E-state index in [9.17, 15) is 0 Å². The smallest absolute Gasteiger partial charge is 0.231 e. The van der Waals surface area contributed by atoms with Crippen molar-refractivity contribution in [2.75, 3.05) is 4.90 Å². The molecular formula is C60H38N4S. The summed E-state index contributed by atoms with van der Waals surface area (Å²) in [5.41, 5.74) is 15.1. The predicted octanol–water partition coefficient (Wildman–Crippen LogP) is 15.8. The predicted molar refractivity (Wildman–Crippen MR) is 273 cm³/mol. The van der Waals surface area contributed by atoms with Gasteiger partial charge in [-0.05, 0) is 85.8 Å². The van der Waals surface area contributed by atoms with Crippen LogP contribution in [0.4, 0.5) is 11.6 Å². The van der Waals surface area contributed by atoms with Crippen LogP contribution in [0, 0.1) is 0 Å². The summed E-state index contributed by atoms with van der Waals surface area (Å²) in [5, 5.41) is 7.50. The topological polar surface area (TPSA) is 34.0 Å². The Morgan fingerprint density at radius 3 is 2.09 bits per heavy atom. The van der Waals surface area contributed by atoms with Crippen molar-refractivity contribution in [1.82, 2.24) is 14.5 Å². The second kappa shape index (κ2) is 14.2. The number of aromatic nitrogens is 3. The molecule has 65 heavy (non-hydrogen) atoms. The zero-order valence-corrected chi connectivity index (χ0v) is 36.0. The molecule has 0 spiro atoms. The van der Waals surface area contributed by atoms with Crippen molar-refractivity contribution in [3.8, 4) is 38.5 Å². The molecule has 1 aliphatic heterocycles. The number of hydrogen-bond donors (Lipinski definition) is 0. The minimum absolute atomic E-state index is 0.0229. The van der Waals surface area contributed by atoms with Crippen molar-refractivity contribution >= 4 is 82.6 Å². The van der Waals surface area contributed by atoms with Crippen LogP contribution >= 0.6 is 11.3 Å². The summed E-state index contributed by atoms with van der Waals surface area (Å²) >= 11 is 1.78. The summed E-state index contributed by atoms with van der Waals surface area (Å²) in [5.74, 6) is 0.782. The average molecular weight is 847 g/mol. The van der Waals surface area contributed by atoms with Crippen LogP contribution in [-0.2, 0) is 0 Å². The highest BCUT2D eigenvalue weighted by Crippen LogP contribution is 2.53. The third-order valence-electron chi connectivity index (χ3n) is 13.7. The molecule has 5 heteroatoms. The molecule has 14 rings (SSSR count). The van der Waals surface area contributed by atoms with E-state index in [4.69, 9.17) is 9.97 Å². The average Bonchev–Trinajstić information content (AvgIpc) is 4.07. The van der Waals surface area contributed by atoms with E-state index in [2.05, 4.69) is 228 Å². The molecule has 0 saturated heterocycles. The first-order chi connectivity index (χ1) is 32.2. The lowest BCUT2D eigenvalue weighted by Crippen LogP contribution is -2.31. The Labute approximate surface area is 379 Å². The monoisotopic (exact) mass is 846 g/mol. The van der Waals surface area contributed by atoms with Gasteiger partial charge in [0.05, 0.1) is 33.0 Å². The molecule has 4 nitrogen and oxygen atoms in total. The first kappa shape index (κ1) is 36.4. The van der Waals surface area contributed by atoms with E-state index in [1.165, 1.54) is 81.6 Å². The third-order valence-corrected chi connectivity index (χ3v) is 14.9. The van der Waals surface area contributed by atoms with E-state index in [1.54, 1.807) is 11.3 Å². The maximum absolute atomic E-state index is 5.57. The molecule has 0 amide bonds. The Bertz CT molecular complexity index is 3910. The lowest BCUT2D eigenvalue weighted by Gasteiger charge is -2.30. The van der Waals surface area contributed by atoms with Gasteiger partial charge in [-0.1, -0.05) is 182 Å². The van der Waals surface area contributed by atoms with Gasteiger partial charge in [0.1, 0.15) is 0 Å². The maximum atomic E-state index is 5.57. The Balaban J connectivity index is 0.998. The van der Waals surface area contributed by atoms with Crippen molar-refractivity contribution in [3.63, 3.8) is 0 Å². The Kier molecular flexibility index (Phi) is 7.94. The summed E-state index contributed by atoms with van der Waals surface area (Å²) in [6.07, 6.45) is 4.66. The van der Waals surface area contributed by atoms with Gasteiger partial charge in [-0.15, -0.1) is 11.3 Å². The van der Waals surface area contributed by atoms with Gasteiger partial charge in [-0.2, -0.15) is 0 Å². The second-order valence-corrected chi connectivity index (χ2v) is 18.3. The summed E-state index contributed by atoms with van der Waals surface area (Å²) < 4.78 is 3.56. The fourth-order valence-electron chi connectivity index (χ4n) is 10.9. The Morgan fingerprint density at radius 1 is 0.508 bits per heavy atom. The molecule has 12 aromatic rings. The molecule has 0 fully saturated rings. The minimum atomic E-state index is -0.0229. The summed E-state index contributed by atoms with van der Waals surface area (Å²) in [6, 6.07) is 75.1. The highest BCUT2D eigenvalue weighted by Gasteiger charge is 2.43. The van der Waals surface area contributed by atoms with Crippen molar-refractivity contribution in [2.24, 2.45) is 0 Å². The normalized spacial score (nSPS) is 15.3. The standard InChI is InChI=1S/C60H38N4S/c1-3-18-40(19-4-1)57-59-50(36-54(65-59)47-27-13-20-37-15-7-10-23-43(37)47)61-60(62-57)64-51-32-31-41(35-49(51)56-45-25-12-9-17-39(45)30-34-53(56)64)46-26-14-28-48-55-44-24-11-8-16-38(44)29-33-52(55)63(58(46)48)42-21-5-2-6-22-42/h1-36,53,56H. The van der Waals surface area contributed by atoms with Gasteiger partial charge in [-0.25, -0.2) is 9.97 Å². The van der Waals surface area contributed by atoms with Crippen molar-refractivity contribution in [3.05, 3.63) is 229 Å². The minimum Gasteiger partial charge on any atom is -0.309 e. The molecule has 304 valence electrons. The largest absolute Gasteiger partial charge is 0.309 e. The van der Waals surface area contributed by atoms with E-state index in [0.29, 0.717) is 5.95 Å². The van der Waals surface area contributed by atoms with E-state index in [-0.39, 0.29) is 12.0 Å². The SMILES string of the molecule is C1=CC2C(c3ccccc31)c1cc(-c3cccc4c5c6ccccc6ccc5n(-c5ccccc5)c34)ccc1N2c1nc(-c2ccccc2)c2sc(-c3cccc4ccccc34)cc2n1. The summed E-state index contributed by atoms with van der Waals surface area (Å²) in [7, 11) is 0. The van der Waals surface area contributed by atoms with Crippen LogP contribution in [0.2, 0.25) is 0 Å². The zero-order valence-electron chi connectivity index (χ0n) is 35.1. The fourth-order valence-corrected chi connectivity index (χ4v) is 12.1. The van der Waals surface area contributed by atoms with Crippen LogP contribution in [0.3, 0.4) is 0 Å². The molecule has 2 aliphatic rings. The molecule has 1 aliphatic carbocycles. The van der Waals surface area contributed by atoms with Crippen molar-refractivity contribution < 1.29 is 0 Å².